The lowest BCUT2D eigenvalue weighted by Crippen LogP contribution is -2.28. The number of benzene rings is 1. The van der Waals surface area contributed by atoms with E-state index in [1.165, 1.54) is 7.11 Å². The topological polar surface area (TPSA) is 76.7 Å². The van der Waals surface area contributed by atoms with Crippen LogP contribution < -0.4 is 20.1 Å². The van der Waals surface area contributed by atoms with Crippen LogP contribution in [0, 0.1) is 0 Å². The Bertz CT molecular complexity index is 489. The largest absolute Gasteiger partial charge is 0.497 e. The van der Waals surface area contributed by atoms with Crippen molar-refractivity contribution in [2.24, 2.45) is 0 Å². The molecular weight excluding hydrogens is 272 g/mol. The molecular formula is C15H22N2O4. The number of rotatable bonds is 8. The highest BCUT2D eigenvalue weighted by atomic mass is 16.5. The lowest BCUT2D eigenvalue weighted by atomic mass is 10.2. The Labute approximate surface area is 124 Å². The molecule has 0 aliphatic heterocycles. The second-order valence-electron chi connectivity index (χ2n) is 4.49. The Balaban J connectivity index is 2.56. The quantitative estimate of drug-likeness (QED) is 0.567. The molecule has 0 aliphatic carbocycles. The minimum atomic E-state index is -0.382. The van der Waals surface area contributed by atoms with Crippen LogP contribution >= 0.6 is 0 Å². The van der Waals surface area contributed by atoms with Gasteiger partial charge in [-0.2, -0.15) is 0 Å². The molecule has 0 aliphatic rings. The van der Waals surface area contributed by atoms with Crippen LogP contribution in [0.5, 0.6) is 11.5 Å². The molecule has 1 rings (SSSR count). The fourth-order valence-corrected chi connectivity index (χ4v) is 1.71. The summed E-state index contributed by atoms with van der Waals surface area (Å²) in [5.74, 6) is 0.442. The van der Waals surface area contributed by atoms with E-state index in [1.54, 1.807) is 25.3 Å². The molecule has 21 heavy (non-hydrogen) atoms. The average molecular weight is 294 g/mol. The van der Waals surface area contributed by atoms with Crippen LogP contribution in [0.4, 0.5) is 5.69 Å². The molecule has 116 valence electrons. The summed E-state index contributed by atoms with van der Waals surface area (Å²) >= 11 is 0. The van der Waals surface area contributed by atoms with Gasteiger partial charge in [-0.3, -0.25) is 9.59 Å². The highest BCUT2D eigenvalue weighted by Crippen LogP contribution is 2.28. The summed E-state index contributed by atoms with van der Waals surface area (Å²) in [6.45, 7) is 2.63. The number of methoxy groups -OCH3 is 2. The van der Waals surface area contributed by atoms with E-state index in [1.807, 2.05) is 6.92 Å². The fourth-order valence-electron chi connectivity index (χ4n) is 1.71. The van der Waals surface area contributed by atoms with E-state index < -0.39 is 0 Å². The number of carbonyl (C=O) groups excluding carboxylic acids is 2. The number of hydrogen-bond acceptors (Lipinski definition) is 4. The molecule has 0 heterocycles. The van der Waals surface area contributed by atoms with Crippen LogP contribution in [0.25, 0.3) is 0 Å². The molecule has 0 fully saturated rings. The van der Waals surface area contributed by atoms with E-state index in [9.17, 15) is 9.59 Å². The molecule has 2 N–H and O–H groups in total. The summed E-state index contributed by atoms with van der Waals surface area (Å²) in [5, 5.41) is 5.35. The van der Waals surface area contributed by atoms with Gasteiger partial charge in [0.05, 0.1) is 19.9 Å². The molecule has 0 unspecified atom stereocenters. The summed E-state index contributed by atoms with van der Waals surface area (Å²) in [6.07, 6.45) is 1.69. The van der Waals surface area contributed by atoms with Gasteiger partial charge in [-0.15, -0.1) is 0 Å². The van der Waals surface area contributed by atoms with Crippen LogP contribution in [0.1, 0.15) is 26.2 Å². The van der Waals surface area contributed by atoms with E-state index in [0.29, 0.717) is 23.7 Å². The Hall–Kier alpha value is -2.24. The van der Waals surface area contributed by atoms with Gasteiger partial charge in [0, 0.05) is 12.6 Å². The number of carbonyl (C=O) groups is 2. The van der Waals surface area contributed by atoms with Crippen molar-refractivity contribution in [1.82, 2.24) is 5.32 Å². The van der Waals surface area contributed by atoms with Crippen molar-refractivity contribution in [1.29, 1.82) is 0 Å². The van der Waals surface area contributed by atoms with Gasteiger partial charge < -0.3 is 20.1 Å². The molecule has 0 spiro atoms. The Kier molecular flexibility index (Phi) is 7.08. The number of anilines is 1. The third-order valence-electron chi connectivity index (χ3n) is 2.86. The second kappa shape index (κ2) is 8.84. The number of amides is 2. The highest BCUT2D eigenvalue weighted by Gasteiger charge is 2.12. The third kappa shape index (κ3) is 5.72. The summed E-state index contributed by atoms with van der Waals surface area (Å²) in [4.78, 5) is 23.4. The normalized spacial score (nSPS) is 9.86. The van der Waals surface area contributed by atoms with Gasteiger partial charge >= 0.3 is 0 Å². The standard InChI is InChI=1S/C15H22N2O4/c1-4-5-8-16-14(18)10-15(19)17-12-7-6-11(20-2)9-13(12)21-3/h6-7,9H,4-5,8,10H2,1-3H3,(H,16,18)(H,17,19). The van der Waals surface area contributed by atoms with Crippen LogP contribution in [-0.2, 0) is 9.59 Å². The molecule has 1 aromatic carbocycles. The minimum Gasteiger partial charge on any atom is -0.497 e. The summed E-state index contributed by atoms with van der Waals surface area (Å²) < 4.78 is 10.3. The van der Waals surface area contributed by atoms with Gasteiger partial charge in [0.25, 0.3) is 0 Å². The number of ether oxygens (including phenoxy) is 2. The first-order valence-electron chi connectivity index (χ1n) is 6.89. The third-order valence-corrected chi connectivity index (χ3v) is 2.86. The van der Waals surface area contributed by atoms with Gasteiger partial charge in [-0.25, -0.2) is 0 Å². The fraction of sp³-hybridized carbons (Fsp3) is 0.467. The van der Waals surface area contributed by atoms with Crippen LogP contribution in [-0.4, -0.2) is 32.6 Å². The molecule has 6 heteroatoms. The zero-order valence-electron chi connectivity index (χ0n) is 12.7. The van der Waals surface area contributed by atoms with Crippen molar-refractivity contribution >= 4 is 17.5 Å². The molecule has 0 radical (unpaired) electrons. The molecule has 0 bridgehead atoms. The molecule has 6 nitrogen and oxygen atoms in total. The van der Waals surface area contributed by atoms with Crippen molar-refractivity contribution in [3.8, 4) is 11.5 Å². The molecule has 2 amide bonds. The van der Waals surface area contributed by atoms with Crippen molar-refractivity contribution in [3.63, 3.8) is 0 Å². The monoisotopic (exact) mass is 294 g/mol. The smallest absolute Gasteiger partial charge is 0.233 e. The maximum Gasteiger partial charge on any atom is 0.233 e. The van der Waals surface area contributed by atoms with Gasteiger partial charge in [0.2, 0.25) is 11.8 Å². The minimum absolute atomic E-state index is 0.209. The lowest BCUT2D eigenvalue weighted by Gasteiger charge is -2.11. The van der Waals surface area contributed by atoms with Crippen molar-refractivity contribution < 1.29 is 19.1 Å². The molecule has 1 aromatic rings. The van der Waals surface area contributed by atoms with Gasteiger partial charge in [0.1, 0.15) is 17.9 Å². The maximum atomic E-state index is 11.8. The number of unbranched alkanes of at least 4 members (excludes halogenated alkanes) is 1. The lowest BCUT2D eigenvalue weighted by molar-refractivity contribution is -0.126. The first kappa shape index (κ1) is 16.8. The zero-order valence-corrected chi connectivity index (χ0v) is 12.7. The van der Waals surface area contributed by atoms with Crippen LogP contribution in [0.15, 0.2) is 18.2 Å². The molecule has 0 atom stereocenters. The summed E-state index contributed by atoms with van der Waals surface area (Å²) in [6, 6.07) is 5.04. The molecule has 0 aromatic heterocycles. The zero-order chi connectivity index (χ0) is 15.7. The van der Waals surface area contributed by atoms with Crippen molar-refractivity contribution in [3.05, 3.63) is 18.2 Å². The van der Waals surface area contributed by atoms with E-state index in [0.717, 1.165) is 12.8 Å². The van der Waals surface area contributed by atoms with Gasteiger partial charge in [-0.1, -0.05) is 13.3 Å². The van der Waals surface area contributed by atoms with Crippen molar-refractivity contribution in [2.45, 2.75) is 26.2 Å². The maximum absolute atomic E-state index is 11.8. The van der Waals surface area contributed by atoms with E-state index >= 15 is 0 Å². The van der Waals surface area contributed by atoms with Gasteiger partial charge in [-0.05, 0) is 18.6 Å². The van der Waals surface area contributed by atoms with Crippen LogP contribution in [0.2, 0.25) is 0 Å². The van der Waals surface area contributed by atoms with E-state index in [4.69, 9.17) is 9.47 Å². The number of nitrogens with one attached hydrogen (secondary N) is 2. The SMILES string of the molecule is CCCCNC(=O)CC(=O)Nc1ccc(OC)cc1OC. The Morgan fingerprint density at radius 1 is 1.14 bits per heavy atom. The highest BCUT2D eigenvalue weighted by molar-refractivity contribution is 6.04. The summed E-state index contributed by atoms with van der Waals surface area (Å²) in [7, 11) is 3.05. The molecule has 0 saturated carbocycles. The predicted molar refractivity (Wildman–Crippen MR) is 80.7 cm³/mol. The Morgan fingerprint density at radius 3 is 2.52 bits per heavy atom. The van der Waals surface area contributed by atoms with E-state index in [-0.39, 0.29) is 18.2 Å². The second-order valence-corrected chi connectivity index (χ2v) is 4.49. The number of hydrogen-bond donors (Lipinski definition) is 2. The molecule has 0 saturated heterocycles. The first-order valence-corrected chi connectivity index (χ1v) is 6.89. The van der Waals surface area contributed by atoms with Crippen LogP contribution in [0.3, 0.4) is 0 Å². The Morgan fingerprint density at radius 2 is 1.90 bits per heavy atom. The van der Waals surface area contributed by atoms with Crippen molar-refractivity contribution in [2.75, 3.05) is 26.1 Å². The van der Waals surface area contributed by atoms with Gasteiger partial charge in [0.15, 0.2) is 0 Å². The first-order chi connectivity index (χ1) is 10.1. The average Bonchev–Trinajstić information content (AvgIpc) is 2.47. The predicted octanol–water partition coefficient (Wildman–Crippen LogP) is 1.95. The summed E-state index contributed by atoms with van der Waals surface area (Å²) in [5.41, 5.74) is 0.504. The van der Waals surface area contributed by atoms with E-state index in [2.05, 4.69) is 10.6 Å².